The number of esters is 1. The third-order valence-corrected chi connectivity index (χ3v) is 5.37. The number of hydrazone groups is 1. The first kappa shape index (κ1) is 24.5. The molecule has 182 valence electrons. The fraction of sp³-hybridized carbons (Fsp3) is 0.138. The van der Waals surface area contributed by atoms with Gasteiger partial charge in [-0.2, -0.15) is 5.10 Å². The second kappa shape index (κ2) is 11.7. The summed E-state index contributed by atoms with van der Waals surface area (Å²) in [6.07, 6.45) is 1.47. The van der Waals surface area contributed by atoms with Gasteiger partial charge in [-0.1, -0.05) is 48.5 Å². The first-order valence-electron chi connectivity index (χ1n) is 11.5. The van der Waals surface area contributed by atoms with Gasteiger partial charge in [-0.15, -0.1) is 0 Å². The van der Waals surface area contributed by atoms with Crippen LogP contribution in [-0.4, -0.2) is 31.3 Å². The number of benzene rings is 4. The third-order valence-electron chi connectivity index (χ3n) is 5.37. The molecule has 0 aliphatic heterocycles. The molecule has 4 aromatic rings. The van der Waals surface area contributed by atoms with E-state index in [0.29, 0.717) is 35.0 Å². The van der Waals surface area contributed by atoms with Crippen molar-refractivity contribution in [2.75, 3.05) is 13.2 Å². The first-order chi connectivity index (χ1) is 17.5. The Bertz CT molecular complexity index is 1400. The van der Waals surface area contributed by atoms with Gasteiger partial charge < -0.3 is 14.2 Å². The maximum atomic E-state index is 12.8. The molecule has 1 amide bonds. The molecule has 0 radical (unpaired) electrons. The van der Waals surface area contributed by atoms with Gasteiger partial charge in [0.1, 0.15) is 17.2 Å². The van der Waals surface area contributed by atoms with E-state index in [0.717, 1.165) is 16.3 Å². The molecule has 0 aliphatic rings. The molecule has 0 heterocycles. The maximum Gasteiger partial charge on any atom is 0.343 e. The molecular weight excluding hydrogens is 456 g/mol. The molecule has 0 saturated heterocycles. The number of rotatable bonds is 9. The predicted molar refractivity (Wildman–Crippen MR) is 139 cm³/mol. The van der Waals surface area contributed by atoms with E-state index in [1.807, 2.05) is 62.4 Å². The van der Waals surface area contributed by atoms with Crippen molar-refractivity contribution in [2.24, 2.45) is 5.10 Å². The molecule has 36 heavy (non-hydrogen) atoms. The van der Waals surface area contributed by atoms with E-state index < -0.39 is 11.9 Å². The molecule has 0 atom stereocenters. The number of hydrogen-bond donors (Lipinski definition) is 1. The maximum absolute atomic E-state index is 12.8. The average Bonchev–Trinajstić information content (AvgIpc) is 2.90. The Morgan fingerprint density at radius 3 is 2.39 bits per heavy atom. The quantitative estimate of drug-likeness (QED) is 0.152. The van der Waals surface area contributed by atoms with Crippen molar-refractivity contribution in [1.82, 2.24) is 5.43 Å². The lowest BCUT2D eigenvalue weighted by Crippen LogP contribution is -2.24. The Labute approximate surface area is 209 Å². The summed E-state index contributed by atoms with van der Waals surface area (Å²) in [5.74, 6) is 0.701. The van der Waals surface area contributed by atoms with Crippen LogP contribution in [0.1, 0.15) is 28.4 Å². The standard InChI is InChI=1S/C29H26N2O5/c1-3-34-23-15-12-22(13-16-23)29(33)36-27-17-14-21-9-5-6-10-24(21)25(27)18-30-31-28(32)19-35-26-11-7-4-8-20(26)2/h4-18H,3,19H2,1-2H3,(H,31,32)/b30-18+. The van der Waals surface area contributed by atoms with Gasteiger partial charge in [0, 0.05) is 5.56 Å². The van der Waals surface area contributed by atoms with Crippen LogP contribution in [0.4, 0.5) is 0 Å². The number of nitrogens with zero attached hydrogens (tertiary/aromatic N) is 1. The molecule has 7 heteroatoms. The van der Waals surface area contributed by atoms with E-state index in [4.69, 9.17) is 14.2 Å². The van der Waals surface area contributed by atoms with Crippen LogP contribution >= 0.6 is 0 Å². The van der Waals surface area contributed by atoms with E-state index in [1.165, 1.54) is 6.21 Å². The van der Waals surface area contributed by atoms with Crippen LogP contribution in [0.3, 0.4) is 0 Å². The number of fused-ring (bicyclic) bond motifs is 1. The summed E-state index contributed by atoms with van der Waals surface area (Å²) < 4.78 is 16.7. The number of ether oxygens (including phenoxy) is 3. The molecule has 4 rings (SSSR count). The van der Waals surface area contributed by atoms with Gasteiger partial charge in [0.2, 0.25) is 0 Å². The number of carbonyl (C=O) groups is 2. The molecule has 0 bridgehead atoms. The van der Waals surface area contributed by atoms with Crippen LogP contribution in [-0.2, 0) is 4.79 Å². The summed E-state index contributed by atoms with van der Waals surface area (Å²) >= 11 is 0. The van der Waals surface area contributed by atoms with Crippen LogP contribution < -0.4 is 19.6 Å². The van der Waals surface area contributed by atoms with E-state index >= 15 is 0 Å². The lowest BCUT2D eigenvalue weighted by molar-refractivity contribution is -0.123. The zero-order valence-corrected chi connectivity index (χ0v) is 20.1. The fourth-order valence-corrected chi connectivity index (χ4v) is 3.57. The monoisotopic (exact) mass is 482 g/mol. The van der Waals surface area contributed by atoms with Gasteiger partial charge in [0.05, 0.1) is 18.4 Å². The third kappa shape index (κ3) is 6.07. The number of aryl methyl sites for hydroxylation is 1. The summed E-state index contributed by atoms with van der Waals surface area (Å²) in [4.78, 5) is 25.1. The largest absolute Gasteiger partial charge is 0.494 e. The van der Waals surface area contributed by atoms with Gasteiger partial charge >= 0.3 is 5.97 Å². The number of nitrogens with one attached hydrogen (secondary N) is 1. The summed E-state index contributed by atoms with van der Waals surface area (Å²) in [6, 6.07) is 25.4. The van der Waals surface area contributed by atoms with Crippen LogP contribution in [0.2, 0.25) is 0 Å². The summed E-state index contributed by atoms with van der Waals surface area (Å²) in [5.41, 5.74) is 4.35. The molecular formula is C29H26N2O5. The fourth-order valence-electron chi connectivity index (χ4n) is 3.57. The Morgan fingerprint density at radius 2 is 1.61 bits per heavy atom. The molecule has 0 fully saturated rings. The van der Waals surface area contributed by atoms with Crippen molar-refractivity contribution < 1.29 is 23.8 Å². The van der Waals surface area contributed by atoms with Gasteiger partial charge in [-0.25, -0.2) is 10.2 Å². The van der Waals surface area contributed by atoms with Gasteiger partial charge in [0.15, 0.2) is 6.61 Å². The minimum Gasteiger partial charge on any atom is -0.494 e. The summed E-state index contributed by atoms with van der Waals surface area (Å²) in [5, 5.41) is 5.85. The van der Waals surface area contributed by atoms with Crippen molar-refractivity contribution in [2.45, 2.75) is 13.8 Å². The minimum absolute atomic E-state index is 0.183. The highest BCUT2D eigenvalue weighted by atomic mass is 16.5. The molecule has 0 aromatic heterocycles. The highest BCUT2D eigenvalue weighted by molar-refractivity contribution is 6.04. The first-order valence-corrected chi connectivity index (χ1v) is 11.5. The summed E-state index contributed by atoms with van der Waals surface area (Å²) in [7, 11) is 0. The van der Waals surface area contributed by atoms with Crippen molar-refractivity contribution in [3.05, 3.63) is 102 Å². The Kier molecular flexibility index (Phi) is 7.93. The lowest BCUT2D eigenvalue weighted by atomic mass is 10.0. The smallest absolute Gasteiger partial charge is 0.343 e. The minimum atomic E-state index is -0.515. The topological polar surface area (TPSA) is 86.2 Å². The molecule has 0 saturated carbocycles. The normalized spacial score (nSPS) is 10.8. The van der Waals surface area contributed by atoms with Crippen molar-refractivity contribution in [3.8, 4) is 17.2 Å². The van der Waals surface area contributed by atoms with Crippen LogP contribution in [0.5, 0.6) is 17.2 Å². The Hall–Kier alpha value is -4.65. The van der Waals surface area contributed by atoms with Crippen LogP contribution in [0.25, 0.3) is 10.8 Å². The molecule has 0 unspecified atom stereocenters. The Morgan fingerprint density at radius 1 is 0.861 bits per heavy atom. The van der Waals surface area contributed by atoms with Gasteiger partial charge in [-0.05, 0) is 66.6 Å². The zero-order valence-electron chi connectivity index (χ0n) is 20.1. The van der Waals surface area contributed by atoms with E-state index in [-0.39, 0.29) is 6.61 Å². The summed E-state index contributed by atoms with van der Waals surface area (Å²) in [6.45, 7) is 4.15. The zero-order chi connectivity index (χ0) is 25.3. The Balaban J connectivity index is 1.49. The highest BCUT2D eigenvalue weighted by Crippen LogP contribution is 2.27. The molecule has 7 nitrogen and oxygen atoms in total. The highest BCUT2D eigenvalue weighted by Gasteiger charge is 2.14. The molecule has 0 spiro atoms. The van der Waals surface area contributed by atoms with Crippen molar-refractivity contribution in [3.63, 3.8) is 0 Å². The number of para-hydroxylation sites is 1. The van der Waals surface area contributed by atoms with E-state index in [2.05, 4.69) is 10.5 Å². The van der Waals surface area contributed by atoms with E-state index in [9.17, 15) is 9.59 Å². The lowest BCUT2D eigenvalue weighted by Gasteiger charge is -2.11. The van der Waals surface area contributed by atoms with Crippen LogP contribution in [0, 0.1) is 6.92 Å². The second-order valence-corrected chi connectivity index (χ2v) is 7.89. The van der Waals surface area contributed by atoms with Gasteiger partial charge in [-0.3, -0.25) is 4.79 Å². The van der Waals surface area contributed by atoms with Crippen molar-refractivity contribution >= 4 is 28.9 Å². The number of amides is 1. The number of hydrogen-bond acceptors (Lipinski definition) is 6. The van der Waals surface area contributed by atoms with Crippen LogP contribution in [0.15, 0.2) is 90.0 Å². The van der Waals surface area contributed by atoms with Gasteiger partial charge in [0.25, 0.3) is 5.91 Å². The van der Waals surface area contributed by atoms with Crippen molar-refractivity contribution in [1.29, 1.82) is 0 Å². The SMILES string of the molecule is CCOc1ccc(C(=O)Oc2ccc3ccccc3c2/C=N/NC(=O)COc2ccccc2C)cc1. The van der Waals surface area contributed by atoms with E-state index in [1.54, 1.807) is 36.4 Å². The second-order valence-electron chi connectivity index (χ2n) is 7.89. The number of carbonyl (C=O) groups excluding carboxylic acids is 2. The predicted octanol–water partition coefficient (Wildman–Crippen LogP) is 5.30. The average molecular weight is 483 g/mol. The molecule has 1 N–H and O–H groups in total. The molecule has 4 aromatic carbocycles. The molecule has 0 aliphatic carbocycles.